The SMILES string of the molecule is CC1CCCC(C)N1C(=O)CN(C)C1CCc2ccccc21. The molecule has 3 unspecified atom stereocenters. The molecule has 1 fully saturated rings. The van der Waals surface area contributed by atoms with E-state index in [0.29, 0.717) is 30.6 Å². The minimum absolute atomic E-state index is 0.298. The van der Waals surface area contributed by atoms with Crippen molar-refractivity contribution in [3.63, 3.8) is 0 Å². The number of amides is 1. The average molecular weight is 300 g/mol. The van der Waals surface area contributed by atoms with Crippen LogP contribution in [0.15, 0.2) is 24.3 Å². The normalized spacial score (nSPS) is 28.0. The van der Waals surface area contributed by atoms with Gasteiger partial charge in [-0.3, -0.25) is 9.69 Å². The second-order valence-corrected chi connectivity index (χ2v) is 7.10. The molecule has 3 heteroatoms. The number of carbonyl (C=O) groups excluding carboxylic acids is 1. The van der Waals surface area contributed by atoms with E-state index < -0.39 is 0 Å². The lowest BCUT2D eigenvalue weighted by Gasteiger charge is -2.40. The van der Waals surface area contributed by atoms with Gasteiger partial charge in [-0.1, -0.05) is 24.3 Å². The summed E-state index contributed by atoms with van der Waals surface area (Å²) >= 11 is 0. The number of carbonyl (C=O) groups is 1. The first kappa shape index (κ1) is 15.5. The zero-order chi connectivity index (χ0) is 15.7. The molecule has 2 aliphatic rings. The highest BCUT2D eigenvalue weighted by Crippen LogP contribution is 2.35. The Morgan fingerprint density at radius 1 is 1.18 bits per heavy atom. The van der Waals surface area contributed by atoms with E-state index in [2.05, 4.69) is 55.0 Å². The minimum atomic E-state index is 0.298. The van der Waals surface area contributed by atoms with Crippen molar-refractivity contribution in [2.75, 3.05) is 13.6 Å². The summed E-state index contributed by atoms with van der Waals surface area (Å²) < 4.78 is 0. The van der Waals surface area contributed by atoms with E-state index >= 15 is 0 Å². The van der Waals surface area contributed by atoms with Gasteiger partial charge in [-0.05, 0) is 64.1 Å². The van der Waals surface area contributed by atoms with E-state index in [1.807, 2.05) is 0 Å². The standard InChI is InChI=1S/C19H28N2O/c1-14-7-6-8-15(2)21(14)19(22)13-20(3)18-12-11-16-9-4-5-10-17(16)18/h4-5,9-10,14-15,18H,6-8,11-13H2,1-3H3. The van der Waals surface area contributed by atoms with Gasteiger partial charge >= 0.3 is 0 Å². The molecule has 1 aromatic rings. The lowest BCUT2D eigenvalue weighted by atomic mass is 9.97. The molecule has 1 aliphatic carbocycles. The van der Waals surface area contributed by atoms with Crippen molar-refractivity contribution in [2.24, 2.45) is 0 Å². The summed E-state index contributed by atoms with van der Waals surface area (Å²) in [6.07, 6.45) is 5.81. The summed E-state index contributed by atoms with van der Waals surface area (Å²) in [6, 6.07) is 9.85. The highest BCUT2D eigenvalue weighted by Gasteiger charge is 2.32. The predicted molar refractivity (Wildman–Crippen MR) is 89.8 cm³/mol. The Labute approximate surface area is 134 Å². The summed E-state index contributed by atoms with van der Waals surface area (Å²) in [4.78, 5) is 17.2. The fourth-order valence-electron chi connectivity index (χ4n) is 4.31. The highest BCUT2D eigenvalue weighted by molar-refractivity contribution is 5.79. The molecule has 0 saturated carbocycles. The van der Waals surface area contributed by atoms with Gasteiger partial charge in [0.1, 0.15) is 0 Å². The van der Waals surface area contributed by atoms with Gasteiger partial charge in [0.2, 0.25) is 5.91 Å². The van der Waals surface area contributed by atoms with Crippen molar-refractivity contribution in [1.82, 2.24) is 9.80 Å². The zero-order valence-corrected chi connectivity index (χ0v) is 14.1. The van der Waals surface area contributed by atoms with E-state index in [0.717, 1.165) is 25.7 Å². The minimum Gasteiger partial charge on any atom is -0.336 e. The van der Waals surface area contributed by atoms with E-state index in [9.17, 15) is 4.79 Å². The third kappa shape index (κ3) is 2.91. The summed E-state index contributed by atoms with van der Waals surface area (Å²) in [5.74, 6) is 0.298. The molecule has 1 heterocycles. The van der Waals surface area contributed by atoms with Crippen LogP contribution in [0.25, 0.3) is 0 Å². The maximum atomic E-state index is 12.8. The summed E-state index contributed by atoms with van der Waals surface area (Å²) in [6.45, 7) is 4.92. The third-order valence-corrected chi connectivity index (χ3v) is 5.50. The molecule has 3 nitrogen and oxygen atoms in total. The fourth-order valence-corrected chi connectivity index (χ4v) is 4.31. The Bertz CT molecular complexity index is 532. The first-order valence-electron chi connectivity index (χ1n) is 8.67. The van der Waals surface area contributed by atoms with Crippen molar-refractivity contribution >= 4 is 5.91 Å². The molecule has 0 bridgehead atoms. The molecule has 3 atom stereocenters. The monoisotopic (exact) mass is 300 g/mol. The molecule has 0 N–H and O–H groups in total. The van der Waals surface area contributed by atoms with Crippen LogP contribution in [0, 0.1) is 0 Å². The van der Waals surface area contributed by atoms with E-state index in [1.165, 1.54) is 17.5 Å². The molecular weight excluding hydrogens is 272 g/mol. The van der Waals surface area contributed by atoms with Crippen LogP contribution in [0.3, 0.4) is 0 Å². The van der Waals surface area contributed by atoms with Gasteiger partial charge in [0, 0.05) is 18.1 Å². The average Bonchev–Trinajstić information content (AvgIpc) is 2.91. The Morgan fingerprint density at radius 2 is 1.86 bits per heavy atom. The number of piperidine rings is 1. The van der Waals surface area contributed by atoms with E-state index in [1.54, 1.807) is 0 Å². The second kappa shape index (κ2) is 6.41. The van der Waals surface area contributed by atoms with Gasteiger partial charge in [0.15, 0.2) is 0 Å². The number of likely N-dealkylation sites (tertiary alicyclic amines) is 1. The molecule has 22 heavy (non-hydrogen) atoms. The number of benzene rings is 1. The first-order chi connectivity index (χ1) is 10.6. The number of likely N-dealkylation sites (N-methyl/N-ethyl adjacent to an activating group) is 1. The van der Waals surface area contributed by atoms with Crippen LogP contribution in [0.2, 0.25) is 0 Å². The van der Waals surface area contributed by atoms with Crippen LogP contribution in [-0.2, 0) is 11.2 Å². The highest BCUT2D eigenvalue weighted by atomic mass is 16.2. The molecule has 0 radical (unpaired) electrons. The van der Waals surface area contributed by atoms with Crippen LogP contribution in [0.4, 0.5) is 0 Å². The van der Waals surface area contributed by atoms with E-state index in [4.69, 9.17) is 0 Å². The van der Waals surface area contributed by atoms with Crippen LogP contribution >= 0.6 is 0 Å². The van der Waals surface area contributed by atoms with Crippen molar-refractivity contribution in [3.8, 4) is 0 Å². The Hall–Kier alpha value is -1.35. The van der Waals surface area contributed by atoms with Crippen LogP contribution < -0.4 is 0 Å². The largest absolute Gasteiger partial charge is 0.336 e. The van der Waals surface area contributed by atoms with Crippen molar-refractivity contribution in [1.29, 1.82) is 0 Å². The molecule has 1 aromatic carbocycles. The topological polar surface area (TPSA) is 23.6 Å². The lowest BCUT2D eigenvalue weighted by Crippen LogP contribution is -2.50. The van der Waals surface area contributed by atoms with Crippen LogP contribution in [0.1, 0.15) is 56.7 Å². The van der Waals surface area contributed by atoms with Gasteiger partial charge in [0.05, 0.1) is 6.54 Å². The maximum Gasteiger partial charge on any atom is 0.237 e. The number of fused-ring (bicyclic) bond motifs is 1. The molecular formula is C19H28N2O. The predicted octanol–water partition coefficient (Wildman–Crippen LogP) is 3.40. The zero-order valence-electron chi connectivity index (χ0n) is 14.1. The second-order valence-electron chi connectivity index (χ2n) is 7.10. The van der Waals surface area contributed by atoms with Crippen molar-refractivity contribution in [2.45, 2.75) is 64.1 Å². The Morgan fingerprint density at radius 3 is 2.59 bits per heavy atom. The van der Waals surface area contributed by atoms with Crippen molar-refractivity contribution < 1.29 is 4.79 Å². The molecule has 0 spiro atoms. The number of rotatable bonds is 3. The summed E-state index contributed by atoms with van der Waals surface area (Å²) in [7, 11) is 2.10. The van der Waals surface area contributed by atoms with Crippen molar-refractivity contribution in [3.05, 3.63) is 35.4 Å². The molecule has 120 valence electrons. The molecule has 1 aliphatic heterocycles. The smallest absolute Gasteiger partial charge is 0.237 e. The number of aryl methyl sites for hydroxylation is 1. The molecule has 1 amide bonds. The Balaban J connectivity index is 1.67. The Kier molecular flexibility index (Phi) is 4.53. The summed E-state index contributed by atoms with van der Waals surface area (Å²) in [5, 5.41) is 0. The van der Waals surface area contributed by atoms with E-state index in [-0.39, 0.29) is 0 Å². The summed E-state index contributed by atoms with van der Waals surface area (Å²) in [5.41, 5.74) is 2.86. The first-order valence-corrected chi connectivity index (χ1v) is 8.67. The number of hydrogen-bond donors (Lipinski definition) is 0. The fraction of sp³-hybridized carbons (Fsp3) is 0.632. The quantitative estimate of drug-likeness (QED) is 0.854. The van der Waals surface area contributed by atoms with Gasteiger partial charge in [0.25, 0.3) is 0 Å². The molecule has 0 aromatic heterocycles. The van der Waals surface area contributed by atoms with Crippen LogP contribution in [0.5, 0.6) is 0 Å². The van der Waals surface area contributed by atoms with Gasteiger partial charge in [-0.2, -0.15) is 0 Å². The molecule has 1 saturated heterocycles. The van der Waals surface area contributed by atoms with Gasteiger partial charge in [-0.15, -0.1) is 0 Å². The van der Waals surface area contributed by atoms with Gasteiger partial charge < -0.3 is 4.90 Å². The number of nitrogens with zero attached hydrogens (tertiary/aromatic N) is 2. The van der Waals surface area contributed by atoms with Gasteiger partial charge in [-0.25, -0.2) is 0 Å². The number of hydrogen-bond acceptors (Lipinski definition) is 2. The molecule has 3 rings (SSSR count). The maximum absolute atomic E-state index is 12.8. The van der Waals surface area contributed by atoms with Crippen LogP contribution in [-0.4, -0.2) is 41.4 Å². The lowest BCUT2D eigenvalue weighted by molar-refractivity contribution is -0.138. The third-order valence-electron chi connectivity index (χ3n) is 5.50.